The van der Waals surface area contributed by atoms with Gasteiger partial charge in [-0.1, -0.05) is 27.2 Å². The average molecular weight is 168 g/mol. The van der Waals surface area contributed by atoms with Gasteiger partial charge in [-0.05, 0) is 19.4 Å². The summed E-state index contributed by atoms with van der Waals surface area (Å²) in [5.41, 5.74) is 1.11. The normalized spacial score (nSPS) is 9.00. The number of unbranched alkanes of at least 4 members (excludes halogenated alkanes) is 1. The molecule has 0 amide bonds. The lowest BCUT2D eigenvalue weighted by Gasteiger charge is -1.96. The van der Waals surface area contributed by atoms with Gasteiger partial charge in [-0.15, -0.1) is 0 Å². The SMILES string of the molecule is CC.CCCCn1ccc(C)n1. The Hall–Kier alpha value is -0.790. The van der Waals surface area contributed by atoms with Crippen LogP contribution in [0, 0.1) is 6.92 Å². The van der Waals surface area contributed by atoms with E-state index < -0.39 is 0 Å². The summed E-state index contributed by atoms with van der Waals surface area (Å²) in [5.74, 6) is 0. The third-order valence-electron chi connectivity index (χ3n) is 1.51. The van der Waals surface area contributed by atoms with Crippen LogP contribution in [0.2, 0.25) is 0 Å². The van der Waals surface area contributed by atoms with Crippen molar-refractivity contribution in [1.29, 1.82) is 0 Å². The molecule has 0 atom stereocenters. The molecule has 0 radical (unpaired) electrons. The summed E-state index contributed by atoms with van der Waals surface area (Å²) in [6.45, 7) is 9.27. The molecule has 0 unspecified atom stereocenters. The minimum atomic E-state index is 1.06. The molecule has 0 N–H and O–H groups in total. The van der Waals surface area contributed by atoms with Crippen LogP contribution in [0.15, 0.2) is 12.3 Å². The highest BCUT2D eigenvalue weighted by Gasteiger charge is 1.90. The van der Waals surface area contributed by atoms with Crippen molar-refractivity contribution in [2.75, 3.05) is 0 Å². The van der Waals surface area contributed by atoms with Crippen molar-refractivity contribution in [1.82, 2.24) is 9.78 Å². The number of aromatic nitrogens is 2. The summed E-state index contributed by atoms with van der Waals surface area (Å²) in [5, 5.41) is 4.26. The van der Waals surface area contributed by atoms with Crippen LogP contribution < -0.4 is 0 Å². The van der Waals surface area contributed by atoms with E-state index in [4.69, 9.17) is 0 Å². The van der Waals surface area contributed by atoms with E-state index in [-0.39, 0.29) is 0 Å². The van der Waals surface area contributed by atoms with Gasteiger partial charge in [0.25, 0.3) is 0 Å². The van der Waals surface area contributed by atoms with E-state index in [9.17, 15) is 0 Å². The lowest BCUT2D eigenvalue weighted by atomic mass is 10.3. The smallest absolute Gasteiger partial charge is 0.0593 e. The minimum absolute atomic E-state index is 1.06. The Morgan fingerprint density at radius 1 is 1.42 bits per heavy atom. The molecule has 2 heteroatoms. The van der Waals surface area contributed by atoms with Gasteiger partial charge in [-0.25, -0.2) is 0 Å². The van der Waals surface area contributed by atoms with Gasteiger partial charge in [-0.2, -0.15) is 5.10 Å². The Balaban J connectivity index is 0.000000561. The first-order chi connectivity index (χ1) is 5.83. The van der Waals surface area contributed by atoms with Crippen molar-refractivity contribution in [3.05, 3.63) is 18.0 Å². The summed E-state index contributed by atoms with van der Waals surface area (Å²) in [6, 6.07) is 2.04. The lowest BCUT2D eigenvalue weighted by Crippen LogP contribution is -1.97. The maximum atomic E-state index is 4.26. The highest BCUT2D eigenvalue weighted by atomic mass is 15.3. The van der Waals surface area contributed by atoms with Gasteiger partial charge in [0.1, 0.15) is 0 Å². The molecule has 0 bridgehead atoms. The first-order valence-corrected chi connectivity index (χ1v) is 4.83. The molecule has 70 valence electrons. The van der Waals surface area contributed by atoms with Crippen molar-refractivity contribution < 1.29 is 0 Å². The first-order valence-electron chi connectivity index (χ1n) is 4.83. The van der Waals surface area contributed by atoms with Crippen LogP contribution in [-0.4, -0.2) is 9.78 Å². The minimum Gasteiger partial charge on any atom is -0.273 e. The van der Waals surface area contributed by atoms with Gasteiger partial charge in [0, 0.05) is 12.7 Å². The Labute approximate surface area is 75.6 Å². The van der Waals surface area contributed by atoms with E-state index in [1.165, 1.54) is 12.8 Å². The Morgan fingerprint density at radius 2 is 2.08 bits per heavy atom. The number of hydrogen-bond donors (Lipinski definition) is 0. The van der Waals surface area contributed by atoms with Crippen LogP contribution in [0.3, 0.4) is 0 Å². The van der Waals surface area contributed by atoms with Crippen molar-refractivity contribution in [2.45, 2.75) is 47.1 Å². The quantitative estimate of drug-likeness (QED) is 0.678. The summed E-state index contributed by atoms with van der Waals surface area (Å²) >= 11 is 0. The van der Waals surface area contributed by atoms with E-state index >= 15 is 0 Å². The van der Waals surface area contributed by atoms with Crippen molar-refractivity contribution in [2.24, 2.45) is 0 Å². The number of hydrogen-bond acceptors (Lipinski definition) is 1. The summed E-state index contributed by atoms with van der Waals surface area (Å²) < 4.78 is 2.00. The van der Waals surface area contributed by atoms with Crippen LogP contribution in [0.25, 0.3) is 0 Å². The fourth-order valence-corrected chi connectivity index (χ4v) is 0.908. The van der Waals surface area contributed by atoms with Gasteiger partial charge in [-0.3, -0.25) is 4.68 Å². The summed E-state index contributed by atoms with van der Waals surface area (Å²) in [7, 11) is 0. The molecule has 1 rings (SSSR count). The van der Waals surface area contributed by atoms with Crippen molar-refractivity contribution in [3.63, 3.8) is 0 Å². The molecule has 0 aliphatic carbocycles. The summed E-state index contributed by atoms with van der Waals surface area (Å²) in [4.78, 5) is 0. The highest BCUT2D eigenvalue weighted by Crippen LogP contribution is 1.95. The van der Waals surface area contributed by atoms with Crippen molar-refractivity contribution >= 4 is 0 Å². The van der Waals surface area contributed by atoms with Crippen LogP contribution >= 0.6 is 0 Å². The number of nitrogens with zero attached hydrogens (tertiary/aromatic N) is 2. The topological polar surface area (TPSA) is 17.8 Å². The zero-order valence-corrected chi connectivity index (χ0v) is 8.67. The molecule has 0 saturated heterocycles. The second-order valence-electron chi connectivity index (χ2n) is 2.57. The first kappa shape index (κ1) is 11.2. The molecule has 1 aromatic rings. The Bertz CT molecular complexity index is 191. The fourth-order valence-electron chi connectivity index (χ4n) is 0.908. The third-order valence-corrected chi connectivity index (χ3v) is 1.51. The molecule has 0 aliphatic rings. The maximum absolute atomic E-state index is 4.26. The molecule has 1 heterocycles. The highest BCUT2D eigenvalue weighted by molar-refractivity contribution is 4.94. The van der Waals surface area contributed by atoms with Gasteiger partial charge in [0.2, 0.25) is 0 Å². The van der Waals surface area contributed by atoms with E-state index in [0.29, 0.717) is 0 Å². The molecule has 0 fully saturated rings. The molecule has 12 heavy (non-hydrogen) atoms. The van der Waals surface area contributed by atoms with Gasteiger partial charge in [0.05, 0.1) is 5.69 Å². The summed E-state index contributed by atoms with van der Waals surface area (Å²) in [6.07, 6.45) is 4.49. The predicted octanol–water partition coefficient (Wildman–Crippen LogP) is 3.02. The van der Waals surface area contributed by atoms with Gasteiger partial charge >= 0.3 is 0 Å². The van der Waals surface area contributed by atoms with E-state index in [2.05, 4.69) is 12.0 Å². The second kappa shape index (κ2) is 6.89. The largest absolute Gasteiger partial charge is 0.273 e. The van der Waals surface area contributed by atoms with E-state index in [1.54, 1.807) is 0 Å². The molecule has 0 saturated carbocycles. The molecule has 0 aliphatic heterocycles. The molecule has 0 spiro atoms. The molecule has 0 aromatic carbocycles. The van der Waals surface area contributed by atoms with Crippen LogP contribution in [0.5, 0.6) is 0 Å². The van der Waals surface area contributed by atoms with Crippen LogP contribution in [0.1, 0.15) is 39.3 Å². The predicted molar refractivity (Wildman–Crippen MR) is 53.2 cm³/mol. The maximum Gasteiger partial charge on any atom is 0.0593 e. The fraction of sp³-hybridized carbons (Fsp3) is 0.700. The molecular formula is C10H20N2. The van der Waals surface area contributed by atoms with E-state index in [0.717, 1.165) is 12.2 Å². The zero-order valence-electron chi connectivity index (χ0n) is 8.67. The molecule has 1 aromatic heterocycles. The number of rotatable bonds is 3. The van der Waals surface area contributed by atoms with Gasteiger partial charge < -0.3 is 0 Å². The standard InChI is InChI=1S/C8H14N2.C2H6/c1-3-4-6-10-7-5-8(2)9-10;1-2/h5,7H,3-4,6H2,1-2H3;1-2H3. The van der Waals surface area contributed by atoms with E-state index in [1.807, 2.05) is 37.7 Å². The Kier molecular flexibility index (Phi) is 6.44. The average Bonchev–Trinajstić information content (AvgIpc) is 2.51. The van der Waals surface area contributed by atoms with Crippen LogP contribution in [-0.2, 0) is 6.54 Å². The molecule has 2 nitrogen and oxygen atoms in total. The number of aryl methyl sites for hydroxylation is 2. The third kappa shape index (κ3) is 4.16. The van der Waals surface area contributed by atoms with Gasteiger partial charge in [0.15, 0.2) is 0 Å². The van der Waals surface area contributed by atoms with Crippen molar-refractivity contribution in [3.8, 4) is 0 Å². The monoisotopic (exact) mass is 168 g/mol. The zero-order chi connectivity index (χ0) is 9.40. The lowest BCUT2D eigenvalue weighted by molar-refractivity contribution is 0.568. The second-order valence-corrected chi connectivity index (χ2v) is 2.57. The Morgan fingerprint density at radius 3 is 2.50 bits per heavy atom. The molecular weight excluding hydrogens is 148 g/mol. The van der Waals surface area contributed by atoms with Crippen LogP contribution in [0.4, 0.5) is 0 Å².